The van der Waals surface area contributed by atoms with E-state index in [1.54, 1.807) is 0 Å². The number of nitrogens with two attached hydrogens (primary N) is 1. The lowest BCUT2D eigenvalue weighted by Crippen LogP contribution is -2.61. The van der Waals surface area contributed by atoms with Crippen molar-refractivity contribution in [2.45, 2.75) is 74.9 Å². The number of halogens is 1. The van der Waals surface area contributed by atoms with Gasteiger partial charge < -0.3 is 49.8 Å². The first kappa shape index (κ1) is 30.3. The van der Waals surface area contributed by atoms with Crippen molar-refractivity contribution in [2.24, 2.45) is 5.73 Å². The van der Waals surface area contributed by atoms with Crippen LogP contribution in [0.1, 0.15) is 69.3 Å². The Balaban J connectivity index is 1.72. The number of aliphatic hydroxyl groups excluding tert-OH is 1. The standard InChI is InChI=1S/C29H34FNO11/c1-11-21(31)26(36)20(30)27(41-11)42-15-10-29(37,28(2,39-4)40-5)9-13-17(15)25(35)19-18(23(13)33)22(32)12-7-6-8-14(38-3)16(12)24(19)34/h6-8,11,15,20-21,26-27,33,35-37H,9-10,31H2,1-5H3. The summed E-state index contributed by atoms with van der Waals surface area (Å²) < 4.78 is 43.1. The molecule has 3 aliphatic rings. The summed E-state index contributed by atoms with van der Waals surface area (Å²) in [6.07, 6.45) is -8.63. The van der Waals surface area contributed by atoms with E-state index in [2.05, 4.69) is 0 Å². The fourth-order valence-corrected chi connectivity index (χ4v) is 6.14. The largest absolute Gasteiger partial charge is 0.507 e. The topological polar surface area (TPSA) is 187 Å². The van der Waals surface area contributed by atoms with Crippen molar-refractivity contribution in [2.75, 3.05) is 21.3 Å². The Hall–Kier alpha value is -3.17. The maximum atomic E-state index is 15.3. The van der Waals surface area contributed by atoms with Crippen molar-refractivity contribution >= 4 is 11.6 Å². The van der Waals surface area contributed by atoms with Crippen LogP contribution in [0.5, 0.6) is 17.2 Å². The number of ketones is 2. The molecule has 6 N–H and O–H groups in total. The monoisotopic (exact) mass is 591 g/mol. The highest BCUT2D eigenvalue weighted by Crippen LogP contribution is 2.54. The number of phenols is 2. The molecule has 0 radical (unpaired) electrons. The van der Waals surface area contributed by atoms with Crippen LogP contribution in [0.3, 0.4) is 0 Å². The zero-order valence-electron chi connectivity index (χ0n) is 23.7. The first-order chi connectivity index (χ1) is 19.7. The second kappa shape index (κ2) is 10.5. The maximum Gasteiger partial charge on any atom is 0.202 e. The Bertz CT molecular complexity index is 1440. The van der Waals surface area contributed by atoms with Gasteiger partial charge in [-0.25, -0.2) is 4.39 Å². The van der Waals surface area contributed by atoms with E-state index in [4.69, 9.17) is 29.4 Å². The molecule has 7 atom stereocenters. The number of aromatic hydroxyl groups is 2. The smallest absolute Gasteiger partial charge is 0.202 e. The quantitative estimate of drug-likeness (QED) is 0.205. The highest BCUT2D eigenvalue weighted by atomic mass is 19.1. The second-order valence-electron chi connectivity index (χ2n) is 11.0. The van der Waals surface area contributed by atoms with Crippen LogP contribution < -0.4 is 10.5 Å². The Labute approximate surface area is 240 Å². The zero-order chi connectivity index (χ0) is 30.9. The van der Waals surface area contributed by atoms with Crippen LogP contribution in [0.2, 0.25) is 0 Å². The number of hydrogen-bond acceptors (Lipinski definition) is 12. The molecule has 2 aromatic carbocycles. The number of carbonyl (C=O) groups excluding carboxylic acids is 2. The van der Waals surface area contributed by atoms with Gasteiger partial charge in [-0.05, 0) is 19.9 Å². The van der Waals surface area contributed by atoms with Crippen molar-refractivity contribution in [1.29, 1.82) is 0 Å². The van der Waals surface area contributed by atoms with Gasteiger partial charge in [0.05, 0.1) is 42.0 Å². The molecule has 1 aliphatic heterocycles. The van der Waals surface area contributed by atoms with E-state index in [1.165, 1.54) is 53.4 Å². The summed E-state index contributed by atoms with van der Waals surface area (Å²) in [7, 11) is 3.88. The first-order valence-corrected chi connectivity index (χ1v) is 13.3. The van der Waals surface area contributed by atoms with E-state index in [0.29, 0.717) is 0 Å². The predicted molar refractivity (Wildman–Crippen MR) is 142 cm³/mol. The summed E-state index contributed by atoms with van der Waals surface area (Å²) >= 11 is 0. The van der Waals surface area contributed by atoms with Crippen LogP contribution in [0, 0.1) is 0 Å². The lowest BCUT2D eigenvalue weighted by molar-refractivity contribution is -0.314. The van der Waals surface area contributed by atoms with Crippen LogP contribution in [0.15, 0.2) is 18.2 Å². The van der Waals surface area contributed by atoms with E-state index in [-0.39, 0.29) is 28.0 Å². The predicted octanol–water partition coefficient (Wildman–Crippen LogP) is 1.40. The molecule has 13 heteroatoms. The molecule has 1 heterocycles. The molecule has 0 spiro atoms. The molecule has 12 nitrogen and oxygen atoms in total. The summed E-state index contributed by atoms with van der Waals surface area (Å²) in [4.78, 5) is 27.4. The van der Waals surface area contributed by atoms with E-state index < -0.39 is 95.2 Å². The molecule has 0 amide bonds. The Kier molecular flexibility index (Phi) is 7.59. The van der Waals surface area contributed by atoms with Crippen molar-refractivity contribution in [3.63, 3.8) is 0 Å². The number of hydrogen-bond donors (Lipinski definition) is 5. The second-order valence-corrected chi connectivity index (χ2v) is 11.0. The third kappa shape index (κ3) is 4.22. The molecule has 0 aromatic heterocycles. The van der Waals surface area contributed by atoms with Gasteiger partial charge in [-0.2, -0.15) is 0 Å². The number of alkyl halides is 1. The van der Waals surface area contributed by atoms with Crippen molar-refractivity contribution in [3.8, 4) is 17.2 Å². The van der Waals surface area contributed by atoms with Crippen molar-refractivity contribution in [1.82, 2.24) is 0 Å². The molecule has 0 saturated carbocycles. The molecule has 0 bridgehead atoms. The molecule has 228 valence electrons. The van der Waals surface area contributed by atoms with Gasteiger partial charge in [0.1, 0.15) is 29.0 Å². The van der Waals surface area contributed by atoms with Crippen LogP contribution in [-0.2, 0) is 25.4 Å². The third-order valence-corrected chi connectivity index (χ3v) is 8.87. The summed E-state index contributed by atoms with van der Waals surface area (Å²) in [5, 5.41) is 45.5. The maximum absolute atomic E-state index is 15.3. The number of fused-ring (bicyclic) bond motifs is 3. The molecular weight excluding hydrogens is 557 g/mol. The number of benzene rings is 2. The van der Waals surface area contributed by atoms with Gasteiger partial charge in [-0.1, -0.05) is 12.1 Å². The minimum absolute atomic E-state index is 0.0471. The molecule has 5 rings (SSSR count). The number of aliphatic hydroxyl groups is 2. The van der Waals surface area contributed by atoms with Gasteiger partial charge in [0, 0.05) is 43.8 Å². The van der Waals surface area contributed by atoms with Gasteiger partial charge in [-0.15, -0.1) is 0 Å². The molecule has 42 heavy (non-hydrogen) atoms. The SMILES string of the molecule is COc1cccc2c1C(=O)c1c(O)c3c(c(O)c1C2=O)CC(O)(C(C)(OC)OC)CC3OC1OC(C)C(N)C(O)C1F. The van der Waals surface area contributed by atoms with Crippen LogP contribution in [-0.4, -0.2) is 95.4 Å². The number of carbonyl (C=O) groups is 2. The van der Waals surface area contributed by atoms with Gasteiger partial charge in [0.25, 0.3) is 0 Å². The highest BCUT2D eigenvalue weighted by molar-refractivity contribution is 6.31. The molecule has 2 aromatic rings. The average Bonchev–Trinajstić information content (AvgIpc) is 2.98. The van der Waals surface area contributed by atoms with Crippen LogP contribution in [0.4, 0.5) is 4.39 Å². The Morgan fingerprint density at radius 1 is 1.07 bits per heavy atom. The normalized spacial score (nSPS) is 30.9. The average molecular weight is 592 g/mol. The first-order valence-electron chi connectivity index (χ1n) is 13.3. The summed E-state index contributed by atoms with van der Waals surface area (Å²) in [5.41, 5.74) is 2.42. The Morgan fingerprint density at radius 2 is 1.71 bits per heavy atom. The van der Waals surface area contributed by atoms with E-state index in [1.807, 2.05) is 0 Å². The minimum atomic E-state index is -2.13. The van der Waals surface area contributed by atoms with Crippen molar-refractivity contribution in [3.05, 3.63) is 51.6 Å². The minimum Gasteiger partial charge on any atom is -0.507 e. The fraction of sp³-hybridized carbons (Fsp3) is 0.517. The van der Waals surface area contributed by atoms with Crippen LogP contribution >= 0.6 is 0 Å². The van der Waals surface area contributed by atoms with E-state index in [9.17, 15) is 30.0 Å². The number of rotatable bonds is 6. The van der Waals surface area contributed by atoms with E-state index >= 15 is 4.39 Å². The van der Waals surface area contributed by atoms with Crippen LogP contribution in [0.25, 0.3) is 0 Å². The van der Waals surface area contributed by atoms with Gasteiger partial charge >= 0.3 is 0 Å². The van der Waals surface area contributed by atoms with Gasteiger partial charge in [0.2, 0.25) is 5.78 Å². The van der Waals surface area contributed by atoms with E-state index in [0.717, 1.165) is 0 Å². The molecule has 2 aliphatic carbocycles. The fourth-order valence-electron chi connectivity index (χ4n) is 6.14. The highest BCUT2D eigenvalue weighted by Gasteiger charge is 2.56. The zero-order valence-corrected chi connectivity index (χ0v) is 23.7. The lowest BCUT2D eigenvalue weighted by Gasteiger charge is -2.49. The summed E-state index contributed by atoms with van der Waals surface area (Å²) in [6, 6.07) is 3.33. The molecule has 7 unspecified atom stereocenters. The third-order valence-electron chi connectivity index (χ3n) is 8.87. The van der Waals surface area contributed by atoms with Crippen molar-refractivity contribution < 1.29 is 58.1 Å². The number of phenolic OH excluding ortho intramolecular Hbond substituents is 2. The number of methoxy groups -OCH3 is 3. The van der Waals surface area contributed by atoms with Gasteiger partial charge in [-0.3, -0.25) is 9.59 Å². The molecule has 1 fully saturated rings. The summed E-state index contributed by atoms with van der Waals surface area (Å²) in [6.45, 7) is 2.95. The molecular formula is C29H34FNO11. The lowest BCUT2D eigenvalue weighted by atomic mass is 9.70. The number of ether oxygens (including phenoxy) is 5. The Morgan fingerprint density at radius 3 is 2.33 bits per heavy atom. The molecule has 1 saturated heterocycles. The van der Waals surface area contributed by atoms with Gasteiger partial charge in [0.15, 0.2) is 24.0 Å². The summed E-state index contributed by atoms with van der Waals surface area (Å²) in [5.74, 6) is -4.57.